The summed E-state index contributed by atoms with van der Waals surface area (Å²) in [6, 6.07) is 14.2. The minimum atomic E-state index is -1.89. The van der Waals surface area contributed by atoms with Crippen molar-refractivity contribution in [2.75, 3.05) is 4.72 Å². The van der Waals surface area contributed by atoms with Gasteiger partial charge in [0.25, 0.3) is 0 Å². The van der Waals surface area contributed by atoms with Crippen molar-refractivity contribution < 1.29 is 22.1 Å². The molecule has 6 nitrogen and oxygen atoms in total. The molecule has 0 aliphatic heterocycles. The number of hydrogen-bond donors (Lipinski definition) is 1. The van der Waals surface area contributed by atoms with Crippen molar-refractivity contribution in [1.29, 1.82) is 0 Å². The molecule has 4 rings (SSSR count). The van der Waals surface area contributed by atoms with E-state index in [0.29, 0.717) is 28.7 Å². The molecule has 0 bridgehead atoms. The number of halogens is 3. The van der Waals surface area contributed by atoms with Crippen LogP contribution in [0.15, 0.2) is 67.0 Å². The van der Waals surface area contributed by atoms with E-state index in [9.17, 15) is 17.4 Å². The van der Waals surface area contributed by atoms with E-state index in [4.69, 9.17) is 4.74 Å². The van der Waals surface area contributed by atoms with Gasteiger partial charge in [-0.1, -0.05) is 30.3 Å². The third-order valence-corrected chi connectivity index (χ3v) is 5.54. The summed E-state index contributed by atoms with van der Waals surface area (Å²) in [5, 5.41) is 0. The monoisotopic (exact) mass is 470 g/mol. The molecule has 2 aromatic carbocycles. The van der Waals surface area contributed by atoms with Crippen molar-refractivity contribution in [2.24, 2.45) is 0 Å². The predicted molar refractivity (Wildman–Crippen MR) is 118 cm³/mol. The molecule has 0 aliphatic rings. The molecule has 2 aromatic heterocycles. The van der Waals surface area contributed by atoms with Crippen LogP contribution in [-0.4, -0.2) is 19.2 Å². The summed E-state index contributed by atoms with van der Waals surface area (Å²) < 4.78 is 64.0. The Morgan fingerprint density at radius 2 is 1.76 bits per heavy atom. The minimum absolute atomic E-state index is 0.0186. The summed E-state index contributed by atoms with van der Waals surface area (Å²) >= 11 is 0. The second-order valence-corrected chi connectivity index (χ2v) is 8.07. The highest BCUT2D eigenvalue weighted by Gasteiger charge is 2.23. The fourth-order valence-electron chi connectivity index (χ4n) is 2.99. The average Bonchev–Trinajstić information content (AvgIpc) is 2.81. The number of nitrogens with one attached hydrogen (secondary N) is 1. The molecular weight excluding hydrogens is 453 g/mol. The lowest BCUT2D eigenvalue weighted by atomic mass is 10.2. The summed E-state index contributed by atoms with van der Waals surface area (Å²) in [4.78, 5) is 12.3. The number of benzene rings is 2. The van der Waals surface area contributed by atoms with Crippen LogP contribution in [0.3, 0.4) is 0 Å². The minimum Gasteiger partial charge on any atom is -0.435 e. The van der Waals surface area contributed by atoms with Gasteiger partial charge in [-0.05, 0) is 30.7 Å². The van der Waals surface area contributed by atoms with Crippen molar-refractivity contribution in [3.05, 3.63) is 95.8 Å². The fraction of sp³-hybridized carbons (Fsp3) is 0.0870. The molecule has 0 saturated carbocycles. The van der Waals surface area contributed by atoms with E-state index in [1.54, 1.807) is 55.5 Å². The van der Waals surface area contributed by atoms with Crippen molar-refractivity contribution in [1.82, 2.24) is 15.0 Å². The largest absolute Gasteiger partial charge is 0.435 e. The first-order valence-corrected chi connectivity index (χ1v) is 11.0. The first-order valence-electron chi connectivity index (χ1n) is 9.71. The SMILES string of the molecule is Cc1nccc(-c2cccnc2Oc2cc(F)c(NS(=O)Cc3ccccc3)c(F)c2F)n1. The van der Waals surface area contributed by atoms with E-state index in [1.807, 2.05) is 0 Å². The number of anilines is 1. The Hall–Kier alpha value is -3.79. The van der Waals surface area contributed by atoms with Crippen LogP contribution in [-0.2, 0) is 16.7 Å². The highest BCUT2D eigenvalue weighted by Crippen LogP contribution is 2.35. The third kappa shape index (κ3) is 5.17. The van der Waals surface area contributed by atoms with Crippen molar-refractivity contribution in [3.63, 3.8) is 0 Å². The number of ether oxygens (including phenoxy) is 1. The van der Waals surface area contributed by atoms with Gasteiger partial charge in [0.15, 0.2) is 17.4 Å². The summed E-state index contributed by atoms with van der Waals surface area (Å²) in [6.07, 6.45) is 2.92. The van der Waals surface area contributed by atoms with E-state index in [2.05, 4.69) is 19.7 Å². The maximum atomic E-state index is 14.7. The maximum Gasteiger partial charge on any atom is 0.228 e. The Balaban J connectivity index is 1.60. The fourth-order valence-corrected chi connectivity index (χ4v) is 3.98. The smallest absolute Gasteiger partial charge is 0.228 e. The zero-order chi connectivity index (χ0) is 23.4. The zero-order valence-corrected chi connectivity index (χ0v) is 18.1. The quantitative estimate of drug-likeness (QED) is 0.370. The van der Waals surface area contributed by atoms with E-state index in [-0.39, 0.29) is 11.6 Å². The van der Waals surface area contributed by atoms with Crippen LogP contribution in [0, 0.1) is 24.4 Å². The average molecular weight is 470 g/mol. The number of rotatable bonds is 7. The molecule has 0 radical (unpaired) electrons. The number of aromatic nitrogens is 3. The van der Waals surface area contributed by atoms with Gasteiger partial charge in [-0.2, -0.15) is 4.39 Å². The highest BCUT2D eigenvalue weighted by molar-refractivity contribution is 7.85. The lowest BCUT2D eigenvalue weighted by molar-refractivity contribution is 0.401. The second-order valence-electron chi connectivity index (χ2n) is 6.88. The van der Waals surface area contributed by atoms with Crippen LogP contribution in [0.1, 0.15) is 11.4 Å². The van der Waals surface area contributed by atoms with Crippen LogP contribution in [0.5, 0.6) is 11.6 Å². The molecule has 0 fully saturated rings. The lowest BCUT2D eigenvalue weighted by Crippen LogP contribution is -2.11. The molecule has 1 atom stereocenters. The molecular formula is C23H17F3N4O2S. The Labute approximate surface area is 190 Å². The van der Waals surface area contributed by atoms with Gasteiger partial charge in [0.05, 0.1) is 17.0 Å². The summed E-state index contributed by atoms with van der Waals surface area (Å²) in [7, 11) is -1.89. The number of aryl methyl sites for hydroxylation is 1. The second kappa shape index (κ2) is 9.78. The highest BCUT2D eigenvalue weighted by atomic mass is 32.2. The summed E-state index contributed by atoms with van der Waals surface area (Å²) in [5.74, 6) is -4.51. The van der Waals surface area contributed by atoms with Crippen molar-refractivity contribution in [3.8, 4) is 22.9 Å². The molecule has 0 aliphatic carbocycles. The van der Waals surface area contributed by atoms with Gasteiger partial charge >= 0.3 is 0 Å². The van der Waals surface area contributed by atoms with Gasteiger partial charge in [-0.3, -0.25) is 4.72 Å². The molecule has 10 heteroatoms. The third-order valence-electron chi connectivity index (χ3n) is 4.51. The van der Waals surface area contributed by atoms with Crippen LogP contribution >= 0.6 is 0 Å². The molecule has 168 valence electrons. The molecule has 0 spiro atoms. The van der Waals surface area contributed by atoms with Crippen molar-refractivity contribution >= 4 is 16.7 Å². The molecule has 1 N–H and O–H groups in total. The Bertz CT molecular complexity index is 1320. The number of nitrogens with zero attached hydrogens (tertiary/aromatic N) is 3. The topological polar surface area (TPSA) is 77.0 Å². The van der Waals surface area contributed by atoms with Gasteiger partial charge in [0.1, 0.15) is 22.5 Å². The van der Waals surface area contributed by atoms with E-state index in [0.717, 1.165) is 0 Å². The Kier molecular flexibility index (Phi) is 6.64. The standard InChI is InChI=1S/C23H17F3N4O2S/c1-14-27-11-9-18(29-14)16-8-5-10-28-23(16)32-19-12-17(24)22(21(26)20(19)25)30-33(31)13-15-6-3-2-4-7-15/h2-12,30H,13H2,1H3. The molecule has 2 heterocycles. The Morgan fingerprint density at radius 1 is 0.970 bits per heavy atom. The van der Waals surface area contributed by atoms with Crippen LogP contribution in [0.2, 0.25) is 0 Å². The predicted octanol–water partition coefficient (Wildman–Crippen LogP) is 5.33. The van der Waals surface area contributed by atoms with Gasteiger partial charge < -0.3 is 4.74 Å². The maximum absolute atomic E-state index is 14.7. The first-order chi connectivity index (χ1) is 15.9. The van der Waals surface area contributed by atoms with Gasteiger partial charge in [0, 0.05) is 18.5 Å². The number of hydrogen-bond acceptors (Lipinski definition) is 5. The van der Waals surface area contributed by atoms with Gasteiger partial charge in [-0.15, -0.1) is 0 Å². The normalized spacial score (nSPS) is 11.8. The zero-order valence-electron chi connectivity index (χ0n) is 17.3. The van der Waals surface area contributed by atoms with E-state index >= 15 is 0 Å². The summed E-state index contributed by atoms with van der Waals surface area (Å²) in [5.41, 5.74) is 0.671. The van der Waals surface area contributed by atoms with Crippen LogP contribution in [0.25, 0.3) is 11.3 Å². The number of pyridine rings is 1. The van der Waals surface area contributed by atoms with E-state index < -0.39 is 39.9 Å². The Morgan fingerprint density at radius 3 is 2.52 bits per heavy atom. The van der Waals surface area contributed by atoms with Crippen molar-refractivity contribution in [2.45, 2.75) is 12.7 Å². The van der Waals surface area contributed by atoms with E-state index in [1.165, 1.54) is 12.4 Å². The molecule has 0 amide bonds. The molecule has 0 saturated heterocycles. The van der Waals surface area contributed by atoms with Crippen LogP contribution < -0.4 is 9.46 Å². The molecule has 33 heavy (non-hydrogen) atoms. The van der Waals surface area contributed by atoms with Gasteiger partial charge in [0.2, 0.25) is 11.7 Å². The van der Waals surface area contributed by atoms with Crippen LogP contribution in [0.4, 0.5) is 18.9 Å². The molecule has 1 unspecified atom stereocenters. The summed E-state index contributed by atoms with van der Waals surface area (Å²) in [6.45, 7) is 1.69. The lowest BCUT2D eigenvalue weighted by Gasteiger charge is -2.14. The molecule has 4 aromatic rings. The first kappa shape index (κ1) is 22.4. The van der Waals surface area contributed by atoms with Gasteiger partial charge in [-0.25, -0.2) is 27.9 Å².